The van der Waals surface area contributed by atoms with Crippen molar-refractivity contribution in [2.45, 2.75) is 31.3 Å². The molecule has 1 aliphatic heterocycles. The number of methoxy groups -OCH3 is 1. The average Bonchev–Trinajstić information content (AvgIpc) is 2.04. The van der Waals surface area contributed by atoms with Gasteiger partial charge in [-0.25, -0.2) is 0 Å². The minimum Gasteiger partial charge on any atom is -0.393 e. The van der Waals surface area contributed by atoms with Crippen molar-refractivity contribution in [2.75, 3.05) is 13.7 Å². The molecule has 1 rings (SSSR count). The van der Waals surface area contributed by atoms with Crippen LogP contribution >= 0.6 is 12.9 Å². The van der Waals surface area contributed by atoms with Crippen LogP contribution in [0, 0.1) is 0 Å². The molecule has 0 bridgehead atoms. The van der Waals surface area contributed by atoms with E-state index in [1.54, 1.807) is 7.11 Å². The van der Waals surface area contributed by atoms with Gasteiger partial charge in [0.2, 0.25) is 0 Å². The topological polar surface area (TPSA) is 47.9 Å². The largest absolute Gasteiger partial charge is 0.393 e. The third-order valence-electron chi connectivity index (χ3n) is 1.87. The lowest BCUT2D eigenvalue weighted by Gasteiger charge is -2.31. The van der Waals surface area contributed by atoms with Crippen molar-refractivity contribution in [2.24, 2.45) is 0 Å². The first kappa shape index (κ1) is 10.3. The van der Waals surface area contributed by atoms with Crippen molar-refractivity contribution in [1.29, 1.82) is 0 Å². The van der Waals surface area contributed by atoms with Crippen LogP contribution in [0.15, 0.2) is 0 Å². The van der Waals surface area contributed by atoms with Crippen LogP contribution in [0.25, 0.3) is 0 Å². The lowest BCUT2D eigenvalue weighted by Crippen LogP contribution is -2.38. The van der Waals surface area contributed by atoms with Gasteiger partial charge in [0.15, 0.2) is 6.29 Å². The van der Waals surface area contributed by atoms with E-state index in [1.807, 2.05) is 0 Å². The van der Waals surface area contributed by atoms with E-state index in [-0.39, 0.29) is 18.5 Å². The lowest BCUT2D eigenvalue weighted by molar-refractivity contribution is -0.208. The van der Waals surface area contributed by atoms with E-state index < -0.39 is 0 Å². The molecule has 1 aliphatic rings. The maximum Gasteiger partial charge on any atom is 0.160 e. The molecule has 0 aromatic heterocycles. The molecule has 4 nitrogen and oxygen atoms in total. The highest BCUT2D eigenvalue weighted by Crippen LogP contribution is 2.20. The summed E-state index contributed by atoms with van der Waals surface area (Å²) in [6.45, 7) is 0.375. The maximum absolute atomic E-state index is 9.37. The van der Waals surface area contributed by atoms with Gasteiger partial charge in [0, 0.05) is 20.0 Å². The molecule has 5 heteroatoms. The first-order chi connectivity index (χ1) is 5.76. The maximum atomic E-state index is 9.37. The van der Waals surface area contributed by atoms with Crippen molar-refractivity contribution < 1.29 is 18.8 Å². The van der Waals surface area contributed by atoms with E-state index in [2.05, 4.69) is 17.1 Å². The predicted octanol–water partition coefficient (Wildman–Crippen LogP) is 0.360. The summed E-state index contributed by atoms with van der Waals surface area (Å²) in [5, 5.41) is 9.37. The zero-order chi connectivity index (χ0) is 8.97. The van der Waals surface area contributed by atoms with Crippen LogP contribution in [0.5, 0.6) is 0 Å². The summed E-state index contributed by atoms with van der Waals surface area (Å²) in [4.78, 5) is 0. The predicted molar refractivity (Wildman–Crippen MR) is 45.8 cm³/mol. The first-order valence-corrected chi connectivity index (χ1v) is 4.25. The van der Waals surface area contributed by atoms with Gasteiger partial charge in [0.1, 0.15) is 0 Å². The standard InChI is InChI=1S/C7H14O4S/c1-9-7-3-5(8)2-6(11-7)4-10-12/h5-8,12H,2-4H2,1H3. The fraction of sp³-hybridized carbons (Fsp3) is 1.00. The van der Waals surface area contributed by atoms with Gasteiger partial charge in [-0.05, 0) is 12.9 Å². The van der Waals surface area contributed by atoms with E-state index in [1.165, 1.54) is 0 Å². The highest BCUT2D eigenvalue weighted by molar-refractivity contribution is 7.75. The van der Waals surface area contributed by atoms with Gasteiger partial charge in [0.25, 0.3) is 0 Å². The second-order valence-electron chi connectivity index (χ2n) is 2.84. The third kappa shape index (κ3) is 2.91. The Labute approximate surface area is 77.4 Å². The van der Waals surface area contributed by atoms with Gasteiger partial charge in [0.05, 0.1) is 18.8 Å². The van der Waals surface area contributed by atoms with Crippen molar-refractivity contribution in [3.8, 4) is 0 Å². The SMILES string of the molecule is COC1CC(O)CC(COS)O1. The molecule has 1 N–H and O–H groups in total. The number of hydrogen-bond donors (Lipinski definition) is 2. The summed E-state index contributed by atoms with van der Waals surface area (Å²) in [5.74, 6) is 0. The highest BCUT2D eigenvalue weighted by atomic mass is 32.1. The molecule has 0 spiro atoms. The molecule has 0 amide bonds. The second-order valence-corrected chi connectivity index (χ2v) is 3.10. The molecule has 1 heterocycles. The fourth-order valence-corrected chi connectivity index (χ4v) is 1.46. The molecule has 12 heavy (non-hydrogen) atoms. The Balaban J connectivity index is 2.34. The van der Waals surface area contributed by atoms with Gasteiger partial charge in [-0.2, -0.15) is 0 Å². The summed E-state index contributed by atoms with van der Waals surface area (Å²) < 4.78 is 15.0. The molecule has 0 saturated carbocycles. The van der Waals surface area contributed by atoms with Crippen LogP contribution < -0.4 is 0 Å². The van der Waals surface area contributed by atoms with Gasteiger partial charge >= 0.3 is 0 Å². The van der Waals surface area contributed by atoms with E-state index in [0.717, 1.165) is 0 Å². The van der Waals surface area contributed by atoms with Crippen LogP contribution in [0.4, 0.5) is 0 Å². The Hall–Kier alpha value is 0.190. The third-order valence-corrected chi connectivity index (χ3v) is 2.02. The van der Waals surface area contributed by atoms with Crippen LogP contribution in [0.1, 0.15) is 12.8 Å². The van der Waals surface area contributed by atoms with E-state index in [9.17, 15) is 5.11 Å². The minimum absolute atomic E-state index is 0.115. The summed E-state index contributed by atoms with van der Waals surface area (Å²) in [6, 6.07) is 0. The van der Waals surface area contributed by atoms with Gasteiger partial charge in [-0.3, -0.25) is 0 Å². The molecule has 1 fully saturated rings. The normalized spacial score (nSPS) is 36.8. The number of hydrogen-bond acceptors (Lipinski definition) is 5. The fourth-order valence-electron chi connectivity index (χ4n) is 1.29. The quantitative estimate of drug-likeness (QED) is 0.503. The first-order valence-electron chi connectivity index (χ1n) is 3.89. The smallest absolute Gasteiger partial charge is 0.160 e. The van der Waals surface area contributed by atoms with Crippen LogP contribution in [0.2, 0.25) is 0 Å². The van der Waals surface area contributed by atoms with E-state index >= 15 is 0 Å². The number of thiol groups is 1. The summed E-state index contributed by atoms with van der Waals surface area (Å²) in [5.41, 5.74) is 0. The summed E-state index contributed by atoms with van der Waals surface area (Å²) in [6.07, 6.45) is 0.315. The summed E-state index contributed by atoms with van der Waals surface area (Å²) in [7, 11) is 1.56. The van der Waals surface area contributed by atoms with Crippen molar-refractivity contribution in [1.82, 2.24) is 0 Å². The molecular formula is C7H14O4S. The molecule has 0 aliphatic carbocycles. The molecule has 1 saturated heterocycles. The van der Waals surface area contributed by atoms with E-state index in [0.29, 0.717) is 19.4 Å². The van der Waals surface area contributed by atoms with E-state index in [4.69, 9.17) is 9.47 Å². The number of aliphatic hydroxyl groups excluding tert-OH is 1. The molecule has 3 unspecified atom stereocenters. The van der Waals surface area contributed by atoms with Crippen LogP contribution in [-0.2, 0) is 13.7 Å². The number of ether oxygens (including phenoxy) is 2. The molecular weight excluding hydrogens is 180 g/mol. The Bertz CT molecular complexity index is 133. The van der Waals surface area contributed by atoms with Crippen LogP contribution in [0.3, 0.4) is 0 Å². The van der Waals surface area contributed by atoms with Crippen LogP contribution in [-0.4, -0.2) is 37.3 Å². The minimum atomic E-state index is -0.364. The molecule has 0 aromatic rings. The molecule has 3 atom stereocenters. The average molecular weight is 194 g/mol. The molecule has 0 radical (unpaired) electrons. The second kappa shape index (κ2) is 5.04. The lowest BCUT2D eigenvalue weighted by atomic mass is 10.1. The molecule has 0 aromatic carbocycles. The Morgan fingerprint density at radius 2 is 2.33 bits per heavy atom. The number of rotatable bonds is 3. The highest BCUT2D eigenvalue weighted by Gasteiger charge is 2.28. The zero-order valence-electron chi connectivity index (χ0n) is 6.97. The summed E-state index contributed by atoms with van der Waals surface area (Å²) >= 11 is 3.62. The molecule has 72 valence electrons. The zero-order valence-corrected chi connectivity index (χ0v) is 7.87. The Kier molecular flexibility index (Phi) is 4.31. The Morgan fingerprint density at radius 3 is 2.92 bits per heavy atom. The van der Waals surface area contributed by atoms with Crippen molar-refractivity contribution >= 4 is 12.9 Å². The number of aliphatic hydroxyl groups is 1. The monoisotopic (exact) mass is 194 g/mol. The van der Waals surface area contributed by atoms with Gasteiger partial charge < -0.3 is 18.8 Å². The van der Waals surface area contributed by atoms with Crippen molar-refractivity contribution in [3.63, 3.8) is 0 Å². The van der Waals surface area contributed by atoms with Crippen molar-refractivity contribution in [3.05, 3.63) is 0 Å². The Morgan fingerprint density at radius 1 is 1.58 bits per heavy atom. The van der Waals surface area contributed by atoms with Gasteiger partial charge in [-0.1, -0.05) is 0 Å². The van der Waals surface area contributed by atoms with Gasteiger partial charge in [-0.15, -0.1) is 0 Å².